The third-order valence-electron chi connectivity index (χ3n) is 3.17. The first-order valence-electron chi connectivity index (χ1n) is 8.00. The molecule has 0 aliphatic rings. The number of hydrogen-bond acceptors (Lipinski definition) is 6. The second kappa shape index (κ2) is 10.1. The van der Waals surface area contributed by atoms with Crippen LogP contribution in [-0.4, -0.2) is 25.2 Å². The van der Waals surface area contributed by atoms with Crippen molar-refractivity contribution in [2.45, 2.75) is 6.92 Å². The van der Waals surface area contributed by atoms with Crippen molar-refractivity contribution in [2.24, 2.45) is 0 Å². The normalized spacial score (nSPS) is 10.6. The Morgan fingerprint density at radius 3 is 2.59 bits per heavy atom. The maximum atomic E-state index is 12.0. The molecule has 0 aromatic heterocycles. The molecule has 138 valence electrons. The van der Waals surface area contributed by atoms with Crippen molar-refractivity contribution in [3.05, 3.63) is 64.1 Å². The molecule has 6 nitrogen and oxygen atoms in total. The lowest BCUT2D eigenvalue weighted by Gasteiger charge is -2.07. The molecule has 0 atom stereocenters. The smallest absolute Gasteiger partial charge is 0.349 e. The number of hydrogen-bond donors (Lipinski definition) is 0. The molecular weight excluding hydrogens is 414 g/mol. The number of benzene rings is 2. The van der Waals surface area contributed by atoms with Crippen LogP contribution in [0.5, 0.6) is 11.5 Å². The van der Waals surface area contributed by atoms with Gasteiger partial charge >= 0.3 is 11.9 Å². The van der Waals surface area contributed by atoms with Crippen molar-refractivity contribution in [1.29, 1.82) is 5.26 Å². The number of ether oxygens (including phenoxy) is 3. The molecular formula is C20H16BrNO5. The second-order valence-corrected chi connectivity index (χ2v) is 6.10. The molecule has 0 saturated heterocycles. The van der Waals surface area contributed by atoms with Gasteiger partial charge in [0.05, 0.1) is 6.61 Å². The molecule has 2 aromatic carbocycles. The number of nitriles is 1. The zero-order valence-electron chi connectivity index (χ0n) is 14.5. The zero-order valence-corrected chi connectivity index (χ0v) is 16.1. The van der Waals surface area contributed by atoms with Crippen LogP contribution in [0.2, 0.25) is 0 Å². The van der Waals surface area contributed by atoms with Crippen LogP contribution < -0.4 is 9.47 Å². The lowest BCUT2D eigenvalue weighted by atomic mass is 10.1. The molecule has 0 aliphatic carbocycles. The van der Waals surface area contributed by atoms with Gasteiger partial charge < -0.3 is 14.2 Å². The van der Waals surface area contributed by atoms with Gasteiger partial charge in [-0.15, -0.1) is 0 Å². The highest BCUT2D eigenvalue weighted by Gasteiger charge is 2.11. The van der Waals surface area contributed by atoms with E-state index in [1.807, 2.05) is 6.07 Å². The molecule has 2 rings (SSSR count). The Hall–Kier alpha value is -3.11. The van der Waals surface area contributed by atoms with Crippen LogP contribution in [0.1, 0.15) is 12.5 Å². The van der Waals surface area contributed by atoms with E-state index >= 15 is 0 Å². The number of carbonyl (C=O) groups is 2. The molecule has 7 heteroatoms. The molecule has 2 aromatic rings. The largest absolute Gasteiger partial charge is 0.482 e. The van der Waals surface area contributed by atoms with Crippen LogP contribution in [0.15, 0.2) is 58.6 Å². The maximum Gasteiger partial charge on any atom is 0.349 e. The van der Waals surface area contributed by atoms with Gasteiger partial charge in [0, 0.05) is 4.47 Å². The topological polar surface area (TPSA) is 85.6 Å². The molecule has 0 N–H and O–H groups in total. The molecule has 0 bridgehead atoms. The van der Waals surface area contributed by atoms with Crippen molar-refractivity contribution in [1.82, 2.24) is 0 Å². The van der Waals surface area contributed by atoms with Gasteiger partial charge in [-0.1, -0.05) is 34.1 Å². The minimum Gasteiger partial charge on any atom is -0.482 e. The summed E-state index contributed by atoms with van der Waals surface area (Å²) < 4.78 is 16.2. The predicted molar refractivity (Wildman–Crippen MR) is 102 cm³/mol. The van der Waals surface area contributed by atoms with Gasteiger partial charge in [0.2, 0.25) is 0 Å². The van der Waals surface area contributed by atoms with E-state index in [0.717, 1.165) is 4.47 Å². The molecule has 0 spiro atoms. The van der Waals surface area contributed by atoms with E-state index in [0.29, 0.717) is 11.3 Å². The van der Waals surface area contributed by atoms with Gasteiger partial charge in [-0.05, 0) is 48.9 Å². The standard InChI is InChI=1S/C20H16BrNO5/c1-2-25-20(24)15(12-22)9-14-5-3-8-18(10-14)27-19(23)13-26-17-7-4-6-16(21)11-17/h3-11H,2,13H2,1H3/b15-9+. The summed E-state index contributed by atoms with van der Waals surface area (Å²) in [7, 11) is 0. The highest BCUT2D eigenvalue weighted by atomic mass is 79.9. The van der Waals surface area contributed by atoms with Gasteiger partial charge in [0.25, 0.3) is 0 Å². The van der Waals surface area contributed by atoms with Crippen molar-refractivity contribution in [3.8, 4) is 17.6 Å². The monoisotopic (exact) mass is 429 g/mol. The lowest BCUT2D eigenvalue weighted by molar-refractivity contribution is -0.138. The van der Waals surface area contributed by atoms with Crippen molar-refractivity contribution in [3.63, 3.8) is 0 Å². The van der Waals surface area contributed by atoms with E-state index in [-0.39, 0.29) is 24.5 Å². The summed E-state index contributed by atoms with van der Waals surface area (Å²) in [5, 5.41) is 9.07. The third kappa shape index (κ3) is 6.60. The third-order valence-corrected chi connectivity index (χ3v) is 3.66. The van der Waals surface area contributed by atoms with Crippen LogP contribution in [0.3, 0.4) is 0 Å². The van der Waals surface area contributed by atoms with Crippen LogP contribution in [0.4, 0.5) is 0 Å². The minimum atomic E-state index is -0.704. The first kappa shape index (κ1) is 20.2. The summed E-state index contributed by atoms with van der Waals surface area (Å²) in [4.78, 5) is 23.6. The van der Waals surface area contributed by atoms with Crippen LogP contribution in [-0.2, 0) is 14.3 Å². The minimum absolute atomic E-state index is 0.140. The molecule has 0 saturated carbocycles. The number of carbonyl (C=O) groups excluding carboxylic acids is 2. The molecule has 0 unspecified atom stereocenters. The average molecular weight is 430 g/mol. The Balaban J connectivity index is 2.01. The average Bonchev–Trinajstić information content (AvgIpc) is 2.65. The summed E-state index contributed by atoms with van der Waals surface area (Å²) in [6.07, 6.45) is 1.37. The van der Waals surface area contributed by atoms with Crippen LogP contribution in [0.25, 0.3) is 6.08 Å². The van der Waals surface area contributed by atoms with Crippen molar-refractivity contribution in [2.75, 3.05) is 13.2 Å². The van der Waals surface area contributed by atoms with Crippen molar-refractivity contribution >= 4 is 33.9 Å². The second-order valence-electron chi connectivity index (χ2n) is 5.18. The molecule has 0 radical (unpaired) electrons. The summed E-state index contributed by atoms with van der Waals surface area (Å²) in [5.74, 6) is -0.481. The Bertz CT molecular complexity index is 901. The van der Waals surface area contributed by atoms with E-state index in [1.54, 1.807) is 49.4 Å². The number of esters is 2. The van der Waals surface area contributed by atoms with Gasteiger partial charge in [-0.25, -0.2) is 9.59 Å². The molecule has 27 heavy (non-hydrogen) atoms. The van der Waals surface area contributed by atoms with Gasteiger partial charge in [-0.2, -0.15) is 5.26 Å². The number of halogens is 1. The van der Waals surface area contributed by atoms with Gasteiger partial charge in [0.15, 0.2) is 6.61 Å². The van der Waals surface area contributed by atoms with Crippen molar-refractivity contribution < 1.29 is 23.8 Å². The van der Waals surface area contributed by atoms with E-state index in [9.17, 15) is 9.59 Å². The fourth-order valence-electron chi connectivity index (χ4n) is 2.04. The number of rotatable bonds is 7. The first-order valence-corrected chi connectivity index (χ1v) is 8.79. The number of nitrogens with zero attached hydrogens (tertiary/aromatic N) is 1. The van der Waals surface area contributed by atoms with E-state index in [4.69, 9.17) is 19.5 Å². The highest BCUT2D eigenvalue weighted by Crippen LogP contribution is 2.19. The summed E-state index contributed by atoms with van der Waals surface area (Å²) in [5.41, 5.74) is 0.385. The van der Waals surface area contributed by atoms with Gasteiger partial charge in [-0.3, -0.25) is 0 Å². The molecule has 0 fully saturated rings. The fourth-order valence-corrected chi connectivity index (χ4v) is 2.42. The maximum absolute atomic E-state index is 12.0. The van der Waals surface area contributed by atoms with E-state index < -0.39 is 11.9 Å². The van der Waals surface area contributed by atoms with E-state index in [1.165, 1.54) is 12.1 Å². The Morgan fingerprint density at radius 2 is 1.89 bits per heavy atom. The van der Waals surface area contributed by atoms with Crippen LogP contribution >= 0.6 is 15.9 Å². The SMILES string of the molecule is CCOC(=O)/C(C#N)=C/c1cccc(OC(=O)COc2cccc(Br)c2)c1. The fraction of sp³-hybridized carbons (Fsp3) is 0.150. The van der Waals surface area contributed by atoms with E-state index in [2.05, 4.69) is 15.9 Å². The Kier molecular flexibility index (Phi) is 7.59. The molecule has 0 heterocycles. The first-order chi connectivity index (χ1) is 13.0. The zero-order chi connectivity index (χ0) is 19.6. The quantitative estimate of drug-likeness (QED) is 0.287. The summed E-state index contributed by atoms with van der Waals surface area (Å²) in [6.45, 7) is 1.57. The van der Waals surface area contributed by atoms with Gasteiger partial charge in [0.1, 0.15) is 23.1 Å². The molecule has 0 amide bonds. The van der Waals surface area contributed by atoms with Crippen LogP contribution in [0, 0.1) is 11.3 Å². The molecule has 0 aliphatic heterocycles. The predicted octanol–water partition coefficient (Wildman–Crippen LogP) is 3.90. The highest BCUT2D eigenvalue weighted by molar-refractivity contribution is 9.10. The summed E-state index contributed by atoms with van der Waals surface area (Å²) in [6, 6.07) is 15.3. The summed E-state index contributed by atoms with van der Waals surface area (Å²) >= 11 is 3.32. The Labute approximate surface area is 165 Å². The Morgan fingerprint density at radius 1 is 1.15 bits per heavy atom. The lowest BCUT2D eigenvalue weighted by Crippen LogP contribution is -2.17.